The Morgan fingerprint density at radius 2 is 0.872 bits per heavy atom. The van der Waals surface area contributed by atoms with Crippen LogP contribution in [0.3, 0.4) is 0 Å². The minimum Gasteiger partial charge on any atom is -1.00 e. The third-order valence-corrected chi connectivity index (χ3v) is 6.94. The minimum atomic E-state index is 0. The number of aromatic nitrogens is 2. The molecule has 0 saturated heterocycles. The van der Waals surface area contributed by atoms with E-state index in [0.717, 1.165) is 13.1 Å². The second-order valence-corrected chi connectivity index (χ2v) is 10.2. The summed E-state index contributed by atoms with van der Waals surface area (Å²) >= 11 is 0. The summed E-state index contributed by atoms with van der Waals surface area (Å²) in [6.07, 6.45) is 8.55. The predicted octanol–water partition coefficient (Wildman–Crippen LogP) is 2.83. The molecule has 0 aliphatic rings. The van der Waals surface area contributed by atoms with Gasteiger partial charge in [0.2, 0.25) is 0 Å². The molecule has 0 N–H and O–H groups in total. The largest absolute Gasteiger partial charge is 1.00 e. The molecule has 0 bridgehead atoms. The Hall–Kier alpha value is -3.96. The molecule has 0 atom stereocenters. The number of halogens is 1. The van der Waals surface area contributed by atoms with Gasteiger partial charge < -0.3 is 26.8 Å². The molecule has 5 aromatic rings. The average molecular weight is 581 g/mol. The molecule has 0 radical (unpaired) electrons. The molecule has 4 nitrogen and oxygen atoms in total. The molecule has 0 saturated carbocycles. The molecule has 3 aromatic carbocycles. The zero-order valence-electron chi connectivity index (χ0n) is 23.1. The van der Waals surface area contributed by atoms with Crippen molar-refractivity contribution >= 4 is 11.4 Å². The highest BCUT2D eigenvalue weighted by atomic mass is 79.9. The molecule has 0 fully saturated rings. The smallest absolute Gasteiger partial charge is 0.173 e. The van der Waals surface area contributed by atoms with E-state index in [1.165, 1.54) is 44.8 Å². The number of hydrogen-bond donors (Lipinski definition) is 0. The number of nitrogens with zero attached hydrogens (tertiary/aromatic N) is 4. The van der Waals surface area contributed by atoms with Crippen molar-refractivity contribution in [1.29, 1.82) is 0 Å². The first-order valence-corrected chi connectivity index (χ1v) is 13.1. The summed E-state index contributed by atoms with van der Waals surface area (Å²) in [6, 6.07) is 35.2. The molecule has 5 heteroatoms. The molecule has 0 amide bonds. The highest BCUT2D eigenvalue weighted by Crippen LogP contribution is 2.26. The zero-order chi connectivity index (χ0) is 26.5. The molecule has 198 valence electrons. The quantitative estimate of drug-likeness (QED) is 0.262. The van der Waals surface area contributed by atoms with Gasteiger partial charge in [-0.1, -0.05) is 66.7 Å². The molecule has 0 spiro atoms. The molecule has 39 heavy (non-hydrogen) atoms. The highest BCUT2D eigenvalue weighted by Gasteiger charge is 2.08. The van der Waals surface area contributed by atoms with Crippen LogP contribution in [0.5, 0.6) is 0 Å². The molecular formula is C34H36BrN4+. The molecule has 2 aromatic heterocycles. The maximum absolute atomic E-state index is 2.29. The van der Waals surface area contributed by atoms with Crippen LogP contribution in [0, 0.1) is 0 Å². The lowest BCUT2D eigenvalue weighted by Crippen LogP contribution is -3.00. The van der Waals surface area contributed by atoms with E-state index in [-0.39, 0.29) is 17.0 Å². The highest BCUT2D eigenvalue weighted by molar-refractivity contribution is 5.70. The first kappa shape index (κ1) is 28.1. The summed E-state index contributed by atoms with van der Waals surface area (Å²) in [7, 11) is 8.26. The number of benzene rings is 3. The Labute approximate surface area is 243 Å². The molecule has 0 aliphatic heterocycles. The van der Waals surface area contributed by atoms with Gasteiger partial charge in [-0.25, -0.2) is 9.13 Å². The number of hydrogen-bond acceptors (Lipinski definition) is 2. The van der Waals surface area contributed by atoms with Gasteiger partial charge in [-0.15, -0.1) is 0 Å². The van der Waals surface area contributed by atoms with Crippen molar-refractivity contribution in [1.82, 2.24) is 0 Å². The van der Waals surface area contributed by atoms with Crippen LogP contribution in [0.15, 0.2) is 122 Å². The van der Waals surface area contributed by atoms with Crippen molar-refractivity contribution in [3.05, 3.63) is 133 Å². The summed E-state index contributed by atoms with van der Waals surface area (Å²) in [6.45, 7) is 1.71. The van der Waals surface area contributed by atoms with E-state index in [2.05, 4.69) is 169 Å². The number of anilines is 2. The van der Waals surface area contributed by atoms with Gasteiger partial charge >= 0.3 is 0 Å². The predicted molar refractivity (Wildman–Crippen MR) is 157 cm³/mol. The average Bonchev–Trinajstić information content (AvgIpc) is 2.94. The summed E-state index contributed by atoms with van der Waals surface area (Å²) in [5, 5.41) is 0. The topological polar surface area (TPSA) is 14.2 Å². The van der Waals surface area contributed by atoms with Crippen molar-refractivity contribution in [2.45, 2.75) is 13.1 Å². The van der Waals surface area contributed by atoms with Crippen LogP contribution in [0.25, 0.3) is 22.3 Å². The van der Waals surface area contributed by atoms with E-state index in [9.17, 15) is 0 Å². The Kier molecular flexibility index (Phi) is 9.15. The van der Waals surface area contributed by atoms with E-state index < -0.39 is 0 Å². The Morgan fingerprint density at radius 1 is 0.462 bits per heavy atom. The van der Waals surface area contributed by atoms with Gasteiger partial charge in [0, 0.05) is 75.0 Å². The fourth-order valence-electron chi connectivity index (χ4n) is 4.63. The summed E-state index contributed by atoms with van der Waals surface area (Å²) in [5.41, 5.74) is 9.94. The second kappa shape index (κ2) is 12.7. The Balaban J connectivity index is 0.00000353. The third kappa shape index (κ3) is 7.12. The van der Waals surface area contributed by atoms with E-state index in [1.54, 1.807) is 0 Å². The van der Waals surface area contributed by atoms with Crippen molar-refractivity contribution < 1.29 is 26.1 Å². The van der Waals surface area contributed by atoms with Gasteiger partial charge in [0.15, 0.2) is 37.9 Å². The summed E-state index contributed by atoms with van der Waals surface area (Å²) < 4.78 is 4.43. The van der Waals surface area contributed by atoms with E-state index >= 15 is 0 Å². The van der Waals surface area contributed by atoms with Crippen LogP contribution >= 0.6 is 0 Å². The maximum atomic E-state index is 2.29. The molecule has 2 heterocycles. The van der Waals surface area contributed by atoms with Crippen LogP contribution in [-0.4, -0.2) is 28.2 Å². The monoisotopic (exact) mass is 579 g/mol. The Bertz CT molecular complexity index is 1480. The van der Waals surface area contributed by atoms with Crippen molar-refractivity contribution in [2.24, 2.45) is 0 Å². The molecular weight excluding hydrogens is 544 g/mol. The van der Waals surface area contributed by atoms with Gasteiger partial charge in [-0.05, 0) is 28.3 Å². The van der Waals surface area contributed by atoms with Crippen molar-refractivity contribution in [3.63, 3.8) is 0 Å². The van der Waals surface area contributed by atoms with Crippen LogP contribution in [0.2, 0.25) is 0 Å². The van der Waals surface area contributed by atoms with Crippen molar-refractivity contribution in [3.8, 4) is 22.3 Å². The second-order valence-electron chi connectivity index (χ2n) is 10.2. The fraction of sp³-hybridized carbons (Fsp3) is 0.176. The minimum absolute atomic E-state index is 0. The van der Waals surface area contributed by atoms with E-state index in [4.69, 9.17) is 0 Å². The van der Waals surface area contributed by atoms with Gasteiger partial charge in [0.05, 0.1) is 0 Å². The third-order valence-electron chi connectivity index (χ3n) is 6.94. The van der Waals surface area contributed by atoms with Gasteiger partial charge in [0.25, 0.3) is 0 Å². The van der Waals surface area contributed by atoms with E-state index in [1.807, 2.05) is 0 Å². The lowest BCUT2D eigenvalue weighted by atomic mass is 9.98. The molecule has 0 aliphatic carbocycles. The summed E-state index contributed by atoms with van der Waals surface area (Å²) in [4.78, 5) is 4.24. The first-order chi connectivity index (χ1) is 18.4. The number of pyridine rings is 2. The lowest BCUT2D eigenvalue weighted by Gasteiger charge is -2.10. The standard InChI is InChI=1S/C34H36N4.BrH/c1-35(2)33-16-20-37(21-17-33)25-27-8-10-29(11-9-27)30-12-14-31(15-13-30)32-7-5-6-28(24-32)26-38-22-18-34(19-23-38)36(3)4;/h5-24H,25-26H2,1-4H3;1H/q+2;/p-1. The Morgan fingerprint density at radius 3 is 1.33 bits per heavy atom. The number of rotatable bonds is 8. The fourth-order valence-corrected chi connectivity index (χ4v) is 4.63. The lowest BCUT2D eigenvalue weighted by molar-refractivity contribution is -0.688. The van der Waals surface area contributed by atoms with Crippen molar-refractivity contribution in [2.75, 3.05) is 38.0 Å². The first-order valence-electron chi connectivity index (χ1n) is 13.1. The van der Waals surface area contributed by atoms with E-state index in [0.29, 0.717) is 0 Å². The zero-order valence-corrected chi connectivity index (χ0v) is 24.7. The van der Waals surface area contributed by atoms with Gasteiger partial charge in [0.1, 0.15) is 0 Å². The van der Waals surface area contributed by atoms with Crippen LogP contribution in [0.4, 0.5) is 11.4 Å². The van der Waals surface area contributed by atoms with Gasteiger partial charge in [-0.2, -0.15) is 0 Å². The summed E-state index contributed by atoms with van der Waals surface area (Å²) in [5.74, 6) is 0. The van der Waals surface area contributed by atoms with Crippen LogP contribution in [-0.2, 0) is 13.1 Å². The van der Waals surface area contributed by atoms with Crippen LogP contribution < -0.4 is 35.9 Å². The molecule has 5 rings (SSSR count). The maximum Gasteiger partial charge on any atom is 0.173 e. The molecule has 0 unspecified atom stereocenters. The van der Waals surface area contributed by atoms with Gasteiger partial charge in [-0.3, -0.25) is 0 Å². The van der Waals surface area contributed by atoms with Crippen LogP contribution in [0.1, 0.15) is 11.1 Å². The normalized spacial score (nSPS) is 10.6. The SMILES string of the molecule is CN(C)c1cc[n+](Cc2ccc(-c3ccc(-c4cccc(C[n+]5ccc(N(C)C)cc5)c4)cc3)cc2)cc1.[Br-].